The SMILES string of the molecule is CCCC=CCCCCC1CCC(CCC2CCC(c3cc(F)c(F)c(F)c3)CC2)CC1. The van der Waals surface area contributed by atoms with Crippen LogP contribution in [0.3, 0.4) is 0 Å². The van der Waals surface area contributed by atoms with Crippen LogP contribution in [0.5, 0.6) is 0 Å². The molecule has 0 heterocycles. The van der Waals surface area contributed by atoms with Crippen LogP contribution in [-0.2, 0) is 0 Å². The van der Waals surface area contributed by atoms with Crippen LogP contribution in [0.15, 0.2) is 24.3 Å². The minimum Gasteiger partial charge on any atom is -0.204 e. The summed E-state index contributed by atoms with van der Waals surface area (Å²) < 4.78 is 40.3. The zero-order valence-corrected chi connectivity index (χ0v) is 20.1. The molecule has 1 aromatic carbocycles. The van der Waals surface area contributed by atoms with Gasteiger partial charge in [-0.05, 0) is 86.3 Å². The van der Waals surface area contributed by atoms with Gasteiger partial charge in [0.25, 0.3) is 0 Å². The van der Waals surface area contributed by atoms with Gasteiger partial charge in [0, 0.05) is 0 Å². The first-order chi connectivity index (χ1) is 15.6. The summed E-state index contributed by atoms with van der Waals surface area (Å²) in [6.45, 7) is 2.23. The van der Waals surface area contributed by atoms with Crippen molar-refractivity contribution in [2.24, 2.45) is 17.8 Å². The lowest BCUT2D eigenvalue weighted by atomic mass is 9.74. The second-order valence-electron chi connectivity index (χ2n) is 10.5. The summed E-state index contributed by atoms with van der Waals surface area (Å²) in [5, 5.41) is 0. The highest BCUT2D eigenvalue weighted by Crippen LogP contribution is 2.40. The predicted molar refractivity (Wildman–Crippen MR) is 128 cm³/mol. The topological polar surface area (TPSA) is 0 Å². The van der Waals surface area contributed by atoms with Gasteiger partial charge in [0.2, 0.25) is 0 Å². The van der Waals surface area contributed by atoms with E-state index < -0.39 is 17.5 Å². The molecule has 0 aromatic heterocycles. The second kappa shape index (κ2) is 13.5. The lowest BCUT2D eigenvalue weighted by Gasteiger charge is -2.32. The molecule has 3 rings (SSSR count). The van der Waals surface area contributed by atoms with Crippen molar-refractivity contribution in [2.75, 3.05) is 0 Å². The molecular weight excluding hydrogens is 405 g/mol. The second-order valence-corrected chi connectivity index (χ2v) is 10.5. The molecule has 2 aliphatic rings. The van der Waals surface area contributed by atoms with Crippen LogP contribution in [0.25, 0.3) is 0 Å². The molecule has 0 unspecified atom stereocenters. The molecular formula is C29H43F3. The fraction of sp³-hybridized carbons (Fsp3) is 0.724. The molecule has 0 N–H and O–H groups in total. The molecule has 0 spiro atoms. The zero-order valence-electron chi connectivity index (χ0n) is 20.1. The summed E-state index contributed by atoms with van der Waals surface area (Å²) in [4.78, 5) is 0. The number of allylic oxidation sites excluding steroid dienone is 2. The number of hydrogen-bond acceptors (Lipinski definition) is 0. The number of halogens is 3. The normalized spacial score (nSPS) is 26.6. The maximum Gasteiger partial charge on any atom is 0.194 e. The van der Waals surface area contributed by atoms with Gasteiger partial charge >= 0.3 is 0 Å². The molecule has 180 valence electrons. The van der Waals surface area contributed by atoms with Gasteiger partial charge < -0.3 is 0 Å². The Hall–Kier alpha value is -1.25. The van der Waals surface area contributed by atoms with Crippen molar-refractivity contribution in [3.8, 4) is 0 Å². The molecule has 0 amide bonds. The summed E-state index contributed by atoms with van der Waals surface area (Å²) in [7, 11) is 0. The number of unbranched alkanes of at least 4 members (excludes halogenated alkanes) is 3. The van der Waals surface area contributed by atoms with Gasteiger partial charge in [-0.15, -0.1) is 0 Å². The third kappa shape index (κ3) is 7.96. The first-order valence-corrected chi connectivity index (χ1v) is 13.4. The monoisotopic (exact) mass is 448 g/mol. The Labute approximate surface area is 194 Å². The van der Waals surface area contributed by atoms with Gasteiger partial charge in [0.05, 0.1) is 0 Å². The van der Waals surface area contributed by atoms with Gasteiger partial charge in [-0.25, -0.2) is 13.2 Å². The molecule has 2 fully saturated rings. The molecule has 0 aliphatic heterocycles. The lowest BCUT2D eigenvalue weighted by Crippen LogP contribution is -2.18. The third-order valence-electron chi connectivity index (χ3n) is 8.13. The predicted octanol–water partition coefficient (Wildman–Crippen LogP) is 9.88. The van der Waals surface area contributed by atoms with Gasteiger partial charge in [0.15, 0.2) is 17.5 Å². The Morgan fingerprint density at radius 3 is 1.75 bits per heavy atom. The van der Waals surface area contributed by atoms with Gasteiger partial charge in [-0.3, -0.25) is 0 Å². The fourth-order valence-electron chi connectivity index (χ4n) is 5.97. The van der Waals surface area contributed by atoms with Crippen molar-refractivity contribution in [3.05, 3.63) is 47.3 Å². The highest BCUT2D eigenvalue weighted by atomic mass is 19.2. The smallest absolute Gasteiger partial charge is 0.194 e. The number of hydrogen-bond donors (Lipinski definition) is 0. The average molecular weight is 449 g/mol. The van der Waals surface area contributed by atoms with E-state index in [1.165, 1.54) is 89.2 Å². The van der Waals surface area contributed by atoms with Gasteiger partial charge in [-0.1, -0.05) is 76.9 Å². The lowest BCUT2D eigenvalue weighted by molar-refractivity contribution is 0.222. The number of benzene rings is 1. The molecule has 0 atom stereocenters. The molecule has 3 heteroatoms. The van der Waals surface area contributed by atoms with E-state index in [2.05, 4.69) is 19.1 Å². The molecule has 0 bridgehead atoms. The van der Waals surface area contributed by atoms with E-state index in [1.807, 2.05) is 0 Å². The molecule has 0 nitrogen and oxygen atoms in total. The van der Waals surface area contributed by atoms with Gasteiger partial charge in [0.1, 0.15) is 0 Å². The van der Waals surface area contributed by atoms with Crippen LogP contribution >= 0.6 is 0 Å². The Morgan fingerprint density at radius 2 is 1.19 bits per heavy atom. The van der Waals surface area contributed by atoms with Crippen LogP contribution in [-0.4, -0.2) is 0 Å². The molecule has 32 heavy (non-hydrogen) atoms. The van der Waals surface area contributed by atoms with Crippen molar-refractivity contribution in [1.82, 2.24) is 0 Å². The Balaban J connectivity index is 1.27. The molecule has 1 aromatic rings. The first kappa shape index (κ1) is 25.4. The summed E-state index contributed by atoms with van der Waals surface area (Å²) >= 11 is 0. The van der Waals surface area contributed by atoms with Crippen molar-refractivity contribution in [1.29, 1.82) is 0 Å². The quantitative estimate of drug-likeness (QED) is 0.179. The molecule has 0 radical (unpaired) electrons. The van der Waals surface area contributed by atoms with Crippen molar-refractivity contribution < 1.29 is 13.2 Å². The molecule has 2 saturated carbocycles. The third-order valence-corrected chi connectivity index (χ3v) is 8.13. The van der Waals surface area contributed by atoms with E-state index >= 15 is 0 Å². The first-order valence-electron chi connectivity index (χ1n) is 13.4. The van der Waals surface area contributed by atoms with E-state index in [9.17, 15) is 13.2 Å². The van der Waals surface area contributed by atoms with Crippen LogP contribution in [0.1, 0.15) is 121 Å². The Kier molecular flexibility index (Phi) is 10.7. The van der Waals surface area contributed by atoms with Crippen molar-refractivity contribution in [3.63, 3.8) is 0 Å². The zero-order chi connectivity index (χ0) is 22.8. The van der Waals surface area contributed by atoms with E-state index in [0.29, 0.717) is 5.56 Å². The molecule has 2 aliphatic carbocycles. The summed E-state index contributed by atoms with van der Waals surface area (Å²) in [5.74, 6) is -0.674. The maximum absolute atomic E-state index is 13.6. The highest BCUT2D eigenvalue weighted by Gasteiger charge is 2.26. The molecule has 0 saturated heterocycles. The van der Waals surface area contributed by atoms with E-state index in [0.717, 1.165) is 43.4 Å². The Morgan fingerprint density at radius 1 is 0.688 bits per heavy atom. The highest BCUT2D eigenvalue weighted by molar-refractivity contribution is 5.23. The van der Waals surface area contributed by atoms with Crippen LogP contribution in [0.2, 0.25) is 0 Å². The van der Waals surface area contributed by atoms with E-state index in [-0.39, 0.29) is 5.92 Å². The maximum atomic E-state index is 13.6. The van der Waals surface area contributed by atoms with Crippen LogP contribution < -0.4 is 0 Å². The van der Waals surface area contributed by atoms with Crippen LogP contribution in [0, 0.1) is 35.2 Å². The average Bonchev–Trinajstić information content (AvgIpc) is 2.81. The minimum absolute atomic E-state index is 0.174. The van der Waals surface area contributed by atoms with Crippen LogP contribution in [0.4, 0.5) is 13.2 Å². The minimum atomic E-state index is -1.35. The summed E-state index contributed by atoms with van der Waals surface area (Å²) in [6, 6.07) is 2.40. The fourth-order valence-corrected chi connectivity index (χ4v) is 5.97. The van der Waals surface area contributed by atoms with Crippen molar-refractivity contribution >= 4 is 0 Å². The Bertz CT molecular complexity index is 671. The van der Waals surface area contributed by atoms with E-state index in [1.54, 1.807) is 0 Å². The summed E-state index contributed by atoms with van der Waals surface area (Å²) in [5.41, 5.74) is 0.634. The van der Waals surface area contributed by atoms with Gasteiger partial charge in [-0.2, -0.15) is 0 Å². The summed E-state index contributed by atoms with van der Waals surface area (Å²) in [6.07, 6.45) is 25.1. The largest absolute Gasteiger partial charge is 0.204 e. The standard InChI is InChI=1S/C29H43F3/c1-2-3-4-5-6-7-8-9-22-10-12-23(13-11-22)14-15-24-16-18-25(19-17-24)26-20-27(30)29(32)28(31)21-26/h4-5,20-25H,2-3,6-19H2,1H3. The van der Waals surface area contributed by atoms with E-state index in [4.69, 9.17) is 0 Å². The van der Waals surface area contributed by atoms with Crippen molar-refractivity contribution in [2.45, 2.75) is 116 Å². The number of rotatable bonds is 11.